The Balaban J connectivity index is 2.45. The third-order valence-corrected chi connectivity index (χ3v) is 5.23. The van der Waals surface area contributed by atoms with Crippen molar-refractivity contribution in [2.24, 2.45) is 17.6 Å². The minimum Gasteiger partial charge on any atom is -0.465 e. The molecule has 0 aromatic carbocycles. The molecule has 4 heteroatoms. The van der Waals surface area contributed by atoms with E-state index >= 15 is 0 Å². The first-order chi connectivity index (χ1) is 8.88. The minimum absolute atomic E-state index is 0.107. The van der Waals surface area contributed by atoms with Gasteiger partial charge in [-0.25, -0.2) is 0 Å². The summed E-state index contributed by atoms with van der Waals surface area (Å²) < 4.78 is 5.04. The summed E-state index contributed by atoms with van der Waals surface area (Å²) in [6, 6.07) is -0.516. The second-order valence-electron chi connectivity index (χ2n) is 5.79. The van der Waals surface area contributed by atoms with Crippen LogP contribution in [-0.2, 0) is 9.53 Å². The van der Waals surface area contributed by atoms with Gasteiger partial charge in [0.1, 0.15) is 6.04 Å². The predicted octanol–water partition coefficient (Wildman–Crippen LogP) is 2.99. The van der Waals surface area contributed by atoms with Crippen LogP contribution in [0.1, 0.15) is 40.5 Å². The molecule has 3 nitrogen and oxygen atoms in total. The van der Waals surface area contributed by atoms with Gasteiger partial charge in [-0.1, -0.05) is 26.0 Å². The van der Waals surface area contributed by atoms with Gasteiger partial charge in [-0.2, -0.15) is 0 Å². The Bertz CT molecular complexity index is 330. The number of rotatable bonds is 6. The lowest BCUT2D eigenvalue weighted by Gasteiger charge is -2.33. The van der Waals surface area contributed by atoms with Gasteiger partial charge in [-0.15, -0.1) is 11.8 Å². The zero-order valence-electron chi connectivity index (χ0n) is 12.5. The van der Waals surface area contributed by atoms with Crippen LogP contribution in [0.4, 0.5) is 0 Å². The molecule has 0 saturated carbocycles. The van der Waals surface area contributed by atoms with Gasteiger partial charge in [0, 0.05) is 10.5 Å². The minimum atomic E-state index is -0.516. The molecule has 2 unspecified atom stereocenters. The molecule has 1 rings (SSSR count). The Morgan fingerprint density at radius 1 is 1.58 bits per heavy atom. The molecule has 0 radical (unpaired) electrons. The highest BCUT2D eigenvalue weighted by atomic mass is 32.2. The summed E-state index contributed by atoms with van der Waals surface area (Å²) >= 11 is 1.76. The SMILES string of the molecule is CCOC(=O)[C@@H](N)CSC1(C)C=CC(C(C)C)CC1. The van der Waals surface area contributed by atoms with Crippen LogP contribution >= 0.6 is 11.8 Å². The van der Waals surface area contributed by atoms with Crippen LogP contribution < -0.4 is 5.73 Å². The normalized spacial score (nSPS) is 28.4. The largest absolute Gasteiger partial charge is 0.465 e. The van der Waals surface area contributed by atoms with E-state index < -0.39 is 6.04 Å². The molecule has 1 aliphatic rings. The van der Waals surface area contributed by atoms with Crippen molar-refractivity contribution in [3.63, 3.8) is 0 Å². The number of esters is 1. The van der Waals surface area contributed by atoms with Crippen molar-refractivity contribution in [3.8, 4) is 0 Å². The first kappa shape index (κ1) is 16.6. The summed E-state index contributed by atoms with van der Waals surface area (Å²) in [5.41, 5.74) is 5.84. The van der Waals surface area contributed by atoms with Gasteiger partial charge in [-0.3, -0.25) is 4.79 Å². The summed E-state index contributed by atoms with van der Waals surface area (Å²) in [4.78, 5) is 11.5. The molecule has 1 aliphatic carbocycles. The summed E-state index contributed by atoms with van der Waals surface area (Å²) in [7, 11) is 0. The van der Waals surface area contributed by atoms with Crippen molar-refractivity contribution in [2.75, 3.05) is 12.4 Å². The first-order valence-corrected chi connectivity index (χ1v) is 8.12. The number of nitrogens with two attached hydrogens (primary N) is 1. The molecule has 0 aliphatic heterocycles. The fourth-order valence-electron chi connectivity index (χ4n) is 2.23. The average molecular weight is 285 g/mol. The molecule has 0 fully saturated rings. The van der Waals surface area contributed by atoms with Gasteiger partial charge >= 0.3 is 5.97 Å². The topological polar surface area (TPSA) is 52.3 Å². The van der Waals surface area contributed by atoms with Gasteiger partial charge in [-0.05, 0) is 38.5 Å². The van der Waals surface area contributed by atoms with Gasteiger partial charge in [0.15, 0.2) is 0 Å². The van der Waals surface area contributed by atoms with E-state index in [1.54, 1.807) is 18.7 Å². The first-order valence-electron chi connectivity index (χ1n) is 7.13. The van der Waals surface area contributed by atoms with Gasteiger partial charge in [0.2, 0.25) is 0 Å². The number of ether oxygens (including phenoxy) is 1. The van der Waals surface area contributed by atoms with E-state index in [1.165, 1.54) is 6.42 Å². The van der Waals surface area contributed by atoms with Crippen LogP contribution in [0, 0.1) is 11.8 Å². The van der Waals surface area contributed by atoms with E-state index in [1.807, 2.05) is 0 Å². The Hall–Kier alpha value is -0.480. The molecule has 0 aromatic rings. The third kappa shape index (κ3) is 5.19. The molecular formula is C15H27NO2S. The Kier molecular flexibility index (Phi) is 6.40. The number of allylic oxidation sites excluding steroid dienone is 1. The van der Waals surface area contributed by atoms with Crippen molar-refractivity contribution >= 4 is 17.7 Å². The van der Waals surface area contributed by atoms with Gasteiger partial charge < -0.3 is 10.5 Å². The molecular weight excluding hydrogens is 258 g/mol. The second-order valence-corrected chi connectivity index (χ2v) is 7.34. The molecule has 0 heterocycles. The van der Waals surface area contributed by atoms with E-state index in [0.29, 0.717) is 24.2 Å². The molecule has 19 heavy (non-hydrogen) atoms. The second kappa shape index (κ2) is 7.34. The molecule has 0 bridgehead atoms. The van der Waals surface area contributed by atoms with Crippen LogP contribution in [0.25, 0.3) is 0 Å². The van der Waals surface area contributed by atoms with Crippen LogP contribution in [0.5, 0.6) is 0 Å². The highest BCUT2D eigenvalue weighted by Gasteiger charge is 2.29. The molecule has 3 atom stereocenters. The zero-order chi connectivity index (χ0) is 14.5. The highest BCUT2D eigenvalue weighted by molar-refractivity contribution is 8.00. The number of thioether (sulfide) groups is 1. The Labute approximate surface area is 121 Å². The van der Waals surface area contributed by atoms with Crippen molar-refractivity contribution < 1.29 is 9.53 Å². The van der Waals surface area contributed by atoms with E-state index in [-0.39, 0.29) is 10.7 Å². The summed E-state index contributed by atoms with van der Waals surface area (Å²) in [5, 5.41) is 0. The van der Waals surface area contributed by atoms with E-state index in [4.69, 9.17) is 10.5 Å². The number of hydrogen-bond acceptors (Lipinski definition) is 4. The van der Waals surface area contributed by atoms with Crippen molar-refractivity contribution in [1.29, 1.82) is 0 Å². The molecule has 0 saturated heterocycles. The Morgan fingerprint density at radius 2 is 2.26 bits per heavy atom. The highest BCUT2D eigenvalue weighted by Crippen LogP contribution is 2.39. The predicted molar refractivity (Wildman–Crippen MR) is 82.2 cm³/mol. The summed E-state index contributed by atoms with van der Waals surface area (Å²) in [6.45, 7) is 8.95. The molecule has 2 N–H and O–H groups in total. The van der Waals surface area contributed by atoms with Crippen molar-refractivity contribution in [2.45, 2.75) is 51.3 Å². The number of carbonyl (C=O) groups excluding carboxylic acids is 1. The standard InChI is InChI=1S/C15H27NO2S/c1-5-18-14(17)13(16)10-19-15(4)8-6-12(7-9-15)11(2)3/h6,8,11-13H,5,7,9-10,16H2,1-4H3/t12?,13-,15?/m0/s1. The third-order valence-electron chi connectivity index (χ3n) is 3.71. The van der Waals surface area contributed by atoms with Crippen LogP contribution in [0.2, 0.25) is 0 Å². The Morgan fingerprint density at radius 3 is 2.74 bits per heavy atom. The molecule has 110 valence electrons. The average Bonchev–Trinajstić information content (AvgIpc) is 2.37. The van der Waals surface area contributed by atoms with Gasteiger partial charge in [0.25, 0.3) is 0 Å². The fourth-order valence-corrected chi connectivity index (χ4v) is 3.37. The lowest BCUT2D eigenvalue weighted by Crippen LogP contribution is -2.36. The maximum Gasteiger partial charge on any atom is 0.323 e. The lowest BCUT2D eigenvalue weighted by molar-refractivity contribution is -0.144. The maximum absolute atomic E-state index is 11.5. The number of hydrogen-bond donors (Lipinski definition) is 1. The smallest absolute Gasteiger partial charge is 0.323 e. The lowest BCUT2D eigenvalue weighted by atomic mass is 9.83. The molecule has 0 aromatic heterocycles. The molecule has 0 spiro atoms. The fraction of sp³-hybridized carbons (Fsp3) is 0.800. The van der Waals surface area contributed by atoms with E-state index in [0.717, 1.165) is 6.42 Å². The quantitative estimate of drug-likeness (QED) is 0.602. The summed E-state index contributed by atoms with van der Waals surface area (Å²) in [5.74, 6) is 1.71. The van der Waals surface area contributed by atoms with Crippen LogP contribution in [0.15, 0.2) is 12.2 Å². The monoisotopic (exact) mass is 285 g/mol. The van der Waals surface area contributed by atoms with Crippen LogP contribution in [-0.4, -0.2) is 29.1 Å². The van der Waals surface area contributed by atoms with Gasteiger partial charge in [0.05, 0.1) is 6.61 Å². The van der Waals surface area contributed by atoms with E-state index in [9.17, 15) is 4.79 Å². The van der Waals surface area contributed by atoms with Crippen molar-refractivity contribution in [3.05, 3.63) is 12.2 Å². The van der Waals surface area contributed by atoms with E-state index in [2.05, 4.69) is 32.9 Å². The van der Waals surface area contributed by atoms with Crippen LogP contribution in [0.3, 0.4) is 0 Å². The maximum atomic E-state index is 11.5. The summed E-state index contributed by atoms with van der Waals surface area (Å²) in [6.07, 6.45) is 6.99. The number of carbonyl (C=O) groups is 1. The zero-order valence-corrected chi connectivity index (χ0v) is 13.3. The molecule has 0 amide bonds. The van der Waals surface area contributed by atoms with Crippen molar-refractivity contribution in [1.82, 2.24) is 0 Å².